The van der Waals surface area contributed by atoms with Crippen molar-refractivity contribution in [3.05, 3.63) is 49.9 Å². The molecule has 1 amide bonds. The van der Waals surface area contributed by atoms with Crippen molar-refractivity contribution in [1.82, 2.24) is 15.0 Å². The molecule has 0 saturated heterocycles. The Bertz CT molecular complexity index is 1250. The van der Waals surface area contributed by atoms with Crippen LogP contribution in [0.3, 0.4) is 0 Å². The average Bonchev–Trinajstić information content (AvgIpc) is 3.08. The third-order valence-electron chi connectivity index (χ3n) is 4.18. The summed E-state index contributed by atoms with van der Waals surface area (Å²) in [4.78, 5) is 37.5. The number of carbonyl (C=O) groups is 1. The minimum atomic E-state index is -0.268. The summed E-state index contributed by atoms with van der Waals surface area (Å²) in [6, 6.07) is 4.14. The number of thiophene rings is 1. The van der Waals surface area contributed by atoms with Crippen LogP contribution in [0.4, 0.5) is 5.13 Å². The number of nitrogens with zero attached hydrogens (tertiary/aromatic N) is 2. The van der Waals surface area contributed by atoms with Crippen LogP contribution in [-0.2, 0) is 0 Å². The molecule has 6 nitrogen and oxygen atoms in total. The van der Waals surface area contributed by atoms with Crippen molar-refractivity contribution in [2.75, 3.05) is 5.32 Å². The third-order valence-corrected chi connectivity index (χ3v) is 6.28. The van der Waals surface area contributed by atoms with Crippen LogP contribution < -0.4 is 10.9 Å². The fourth-order valence-corrected chi connectivity index (χ4v) is 5.21. The maximum absolute atomic E-state index is 12.8. The van der Waals surface area contributed by atoms with Crippen LogP contribution in [0.1, 0.15) is 32.2 Å². The van der Waals surface area contributed by atoms with Crippen LogP contribution >= 0.6 is 22.7 Å². The SMILES string of the molecule is Cc1cc(C)c2nc(NC(=O)c3sc4nc(C)[nH]c(=O)c4c3C)sc2c1. The van der Waals surface area contributed by atoms with Gasteiger partial charge < -0.3 is 4.98 Å². The molecule has 0 saturated carbocycles. The van der Waals surface area contributed by atoms with Gasteiger partial charge in [-0.25, -0.2) is 9.97 Å². The normalized spacial score (nSPS) is 11.4. The van der Waals surface area contributed by atoms with Crippen molar-refractivity contribution in [3.63, 3.8) is 0 Å². The van der Waals surface area contributed by atoms with E-state index in [0.717, 1.165) is 21.3 Å². The smallest absolute Gasteiger partial charge is 0.267 e. The molecule has 0 unspecified atom stereocenters. The molecule has 132 valence electrons. The van der Waals surface area contributed by atoms with Gasteiger partial charge in [0.2, 0.25) is 0 Å². The number of fused-ring (bicyclic) bond motifs is 2. The highest BCUT2D eigenvalue weighted by molar-refractivity contribution is 7.23. The van der Waals surface area contributed by atoms with Gasteiger partial charge in [-0.1, -0.05) is 17.4 Å². The van der Waals surface area contributed by atoms with Gasteiger partial charge >= 0.3 is 0 Å². The number of hydrogen-bond donors (Lipinski definition) is 2. The maximum atomic E-state index is 12.8. The summed E-state index contributed by atoms with van der Waals surface area (Å²) >= 11 is 2.67. The number of amides is 1. The molecule has 1 aromatic carbocycles. The zero-order valence-electron chi connectivity index (χ0n) is 14.7. The molecular weight excluding hydrogens is 368 g/mol. The molecular formula is C18H16N4O2S2. The standard InChI is InChI=1S/C18H16N4O2S2/c1-7-5-8(2)13-11(6-7)25-18(21-13)22-16(24)14-9(3)12-15(23)19-10(4)20-17(12)26-14/h5-6H,1-4H3,(H,19,20,23)(H,21,22,24). The van der Waals surface area contributed by atoms with Crippen molar-refractivity contribution in [2.45, 2.75) is 27.7 Å². The van der Waals surface area contributed by atoms with Crippen LogP contribution in [0.2, 0.25) is 0 Å². The number of rotatable bonds is 2. The van der Waals surface area contributed by atoms with E-state index < -0.39 is 0 Å². The minimum Gasteiger partial charge on any atom is -0.310 e. The van der Waals surface area contributed by atoms with E-state index in [2.05, 4.69) is 32.4 Å². The first-order chi connectivity index (χ1) is 12.3. The Kier molecular flexibility index (Phi) is 3.89. The van der Waals surface area contributed by atoms with Crippen molar-refractivity contribution >= 4 is 54.1 Å². The van der Waals surface area contributed by atoms with E-state index >= 15 is 0 Å². The van der Waals surface area contributed by atoms with Gasteiger partial charge in [-0.2, -0.15) is 0 Å². The first-order valence-corrected chi connectivity index (χ1v) is 9.66. The summed E-state index contributed by atoms with van der Waals surface area (Å²) in [5.74, 6) is 0.267. The second kappa shape index (κ2) is 6.00. The van der Waals surface area contributed by atoms with Gasteiger partial charge in [0.15, 0.2) is 5.13 Å². The predicted molar refractivity (Wildman–Crippen MR) is 107 cm³/mol. The van der Waals surface area contributed by atoms with Gasteiger partial charge in [-0.3, -0.25) is 14.9 Å². The third kappa shape index (κ3) is 2.71. The maximum Gasteiger partial charge on any atom is 0.267 e. The number of anilines is 1. The lowest BCUT2D eigenvalue weighted by atomic mass is 10.1. The lowest BCUT2D eigenvalue weighted by Gasteiger charge is -1.99. The molecule has 0 bridgehead atoms. The quantitative estimate of drug-likeness (QED) is 0.545. The summed E-state index contributed by atoms with van der Waals surface area (Å²) < 4.78 is 1.04. The Labute approximate surface area is 156 Å². The van der Waals surface area contributed by atoms with Crippen LogP contribution in [0.15, 0.2) is 16.9 Å². The van der Waals surface area contributed by atoms with Gasteiger partial charge in [-0.05, 0) is 50.5 Å². The molecule has 0 atom stereocenters. The molecule has 4 aromatic rings. The summed E-state index contributed by atoms with van der Waals surface area (Å²) in [5, 5.41) is 3.89. The van der Waals surface area contributed by atoms with E-state index in [0.29, 0.717) is 31.6 Å². The number of aromatic nitrogens is 3. The van der Waals surface area contributed by atoms with Crippen molar-refractivity contribution in [1.29, 1.82) is 0 Å². The van der Waals surface area contributed by atoms with E-state index in [1.165, 1.54) is 22.7 Å². The number of aromatic amines is 1. The van der Waals surface area contributed by atoms with Crippen molar-refractivity contribution < 1.29 is 4.79 Å². The van der Waals surface area contributed by atoms with E-state index in [1.807, 2.05) is 13.8 Å². The van der Waals surface area contributed by atoms with Gasteiger partial charge in [0, 0.05) is 0 Å². The van der Waals surface area contributed by atoms with Crippen molar-refractivity contribution in [2.24, 2.45) is 0 Å². The number of carbonyl (C=O) groups excluding carboxylic acids is 1. The number of thiazole rings is 1. The van der Waals surface area contributed by atoms with Gasteiger partial charge in [0.05, 0.1) is 20.5 Å². The molecule has 26 heavy (non-hydrogen) atoms. The van der Waals surface area contributed by atoms with E-state index in [4.69, 9.17) is 0 Å². The number of hydrogen-bond acceptors (Lipinski definition) is 6. The molecule has 2 N–H and O–H groups in total. The molecule has 3 aromatic heterocycles. The van der Waals surface area contributed by atoms with Gasteiger partial charge in [0.25, 0.3) is 11.5 Å². The molecule has 8 heteroatoms. The Morgan fingerprint density at radius 2 is 1.88 bits per heavy atom. The van der Waals surface area contributed by atoms with Crippen LogP contribution in [0, 0.1) is 27.7 Å². The van der Waals surface area contributed by atoms with Gasteiger partial charge in [0.1, 0.15) is 10.7 Å². The molecule has 0 aliphatic carbocycles. The lowest BCUT2D eigenvalue weighted by Crippen LogP contribution is -2.12. The fraction of sp³-hybridized carbons (Fsp3) is 0.222. The summed E-state index contributed by atoms with van der Waals surface area (Å²) in [7, 11) is 0. The Balaban J connectivity index is 1.74. The molecule has 4 rings (SSSR count). The van der Waals surface area contributed by atoms with E-state index in [-0.39, 0.29) is 11.5 Å². The molecule has 0 aliphatic rings. The fourth-order valence-electron chi connectivity index (χ4n) is 3.05. The number of benzene rings is 1. The van der Waals surface area contributed by atoms with Crippen LogP contribution in [0.25, 0.3) is 20.4 Å². The highest BCUT2D eigenvalue weighted by Crippen LogP contribution is 2.31. The predicted octanol–water partition coefficient (Wildman–Crippen LogP) is 4.08. The summed E-state index contributed by atoms with van der Waals surface area (Å²) in [6.45, 7) is 7.54. The Hall–Kier alpha value is -2.58. The van der Waals surface area contributed by atoms with Crippen molar-refractivity contribution in [3.8, 4) is 0 Å². The summed E-state index contributed by atoms with van der Waals surface area (Å²) in [6.07, 6.45) is 0. The molecule has 3 heterocycles. The van der Waals surface area contributed by atoms with E-state index in [9.17, 15) is 9.59 Å². The Morgan fingerprint density at radius 3 is 2.65 bits per heavy atom. The topological polar surface area (TPSA) is 87.7 Å². The molecule has 0 fully saturated rings. The van der Waals surface area contributed by atoms with Gasteiger partial charge in [-0.15, -0.1) is 11.3 Å². The minimum absolute atomic E-state index is 0.216. The molecule has 0 aliphatic heterocycles. The summed E-state index contributed by atoms with van der Waals surface area (Å²) in [5.41, 5.74) is 3.58. The zero-order chi connectivity index (χ0) is 18.6. The second-order valence-electron chi connectivity index (χ2n) is 6.29. The first-order valence-electron chi connectivity index (χ1n) is 8.02. The molecule has 0 spiro atoms. The highest BCUT2D eigenvalue weighted by Gasteiger charge is 2.20. The number of H-pyrrole nitrogens is 1. The first kappa shape index (κ1) is 16.9. The van der Waals surface area contributed by atoms with Crippen LogP contribution in [0.5, 0.6) is 0 Å². The average molecular weight is 384 g/mol. The van der Waals surface area contributed by atoms with Crippen LogP contribution in [-0.4, -0.2) is 20.9 Å². The largest absolute Gasteiger partial charge is 0.310 e. The number of aryl methyl sites for hydroxylation is 4. The van der Waals surface area contributed by atoms with E-state index in [1.54, 1.807) is 13.8 Å². The Morgan fingerprint density at radius 1 is 1.12 bits per heavy atom. The second-order valence-corrected chi connectivity index (χ2v) is 8.32. The lowest BCUT2D eigenvalue weighted by molar-refractivity contribution is 0.103. The number of nitrogens with one attached hydrogen (secondary N) is 2. The molecule has 0 radical (unpaired) electrons. The zero-order valence-corrected chi connectivity index (χ0v) is 16.3. The highest BCUT2D eigenvalue weighted by atomic mass is 32.1. The monoisotopic (exact) mass is 384 g/mol.